The molecule has 0 spiro atoms. The van der Waals surface area contributed by atoms with Gasteiger partial charge in [-0.05, 0) is 18.2 Å². The molecule has 0 unspecified atom stereocenters. The molecule has 1 N–H and O–H groups in total. The standard InChI is InChI=1S/C12H9N3O4/c16-11-4-2-1-3-9(11)7-13-14-8-10-5-6-12(19-10)15(17)18/h1-8,16H/b13-7+,14-8+. The van der Waals surface area contributed by atoms with Gasteiger partial charge in [0.15, 0.2) is 5.76 Å². The summed E-state index contributed by atoms with van der Waals surface area (Å²) in [7, 11) is 0. The van der Waals surface area contributed by atoms with Gasteiger partial charge >= 0.3 is 5.88 Å². The van der Waals surface area contributed by atoms with Crippen molar-refractivity contribution >= 4 is 18.3 Å². The number of furan rings is 1. The van der Waals surface area contributed by atoms with Crippen molar-refractivity contribution in [2.75, 3.05) is 0 Å². The predicted molar refractivity (Wildman–Crippen MR) is 68.7 cm³/mol. The molecule has 1 aromatic heterocycles. The summed E-state index contributed by atoms with van der Waals surface area (Å²) < 4.78 is 4.85. The van der Waals surface area contributed by atoms with E-state index < -0.39 is 4.92 Å². The fraction of sp³-hybridized carbons (Fsp3) is 0. The Bertz CT molecular complexity index is 646. The van der Waals surface area contributed by atoms with Crippen molar-refractivity contribution in [3.8, 4) is 5.75 Å². The van der Waals surface area contributed by atoms with Crippen molar-refractivity contribution in [2.24, 2.45) is 10.2 Å². The average molecular weight is 259 g/mol. The van der Waals surface area contributed by atoms with E-state index in [4.69, 9.17) is 4.42 Å². The first-order chi connectivity index (χ1) is 9.16. The van der Waals surface area contributed by atoms with E-state index in [1.165, 1.54) is 30.6 Å². The molecular formula is C12H9N3O4. The fourth-order valence-corrected chi connectivity index (χ4v) is 1.29. The van der Waals surface area contributed by atoms with Gasteiger partial charge in [0.2, 0.25) is 0 Å². The number of phenols is 1. The maximum atomic E-state index is 10.4. The third-order valence-electron chi connectivity index (χ3n) is 2.18. The second-order valence-electron chi connectivity index (χ2n) is 3.48. The van der Waals surface area contributed by atoms with Crippen LogP contribution in [-0.4, -0.2) is 22.5 Å². The van der Waals surface area contributed by atoms with Crippen molar-refractivity contribution in [3.63, 3.8) is 0 Å². The Kier molecular flexibility index (Phi) is 3.67. The summed E-state index contributed by atoms with van der Waals surface area (Å²) in [4.78, 5) is 9.74. The zero-order chi connectivity index (χ0) is 13.7. The number of hydrogen-bond donors (Lipinski definition) is 1. The first-order valence-corrected chi connectivity index (χ1v) is 5.25. The predicted octanol–water partition coefficient (Wildman–Crippen LogP) is 2.35. The number of benzene rings is 1. The van der Waals surface area contributed by atoms with Crippen LogP contribution in [0.25, 0.3) is 0 Å². The van der Waals surface area contributed by atoms with Gasteiger partial charge in [0.25, 0.3) is 0 Å². The Morgan fingerprint density at radius 3 is 2.58 bits per heavy atom. The maximum Gasteiger partial charge on any atom is 0.433 e. The molecule has 96 valence electrons. The number of nitrogens with zero attached hydrogens (tertiary/aromatic N) is 3. The minimum absolute atomic E-state index is 0.0927. The quantitative estimate of drug-likeness (QED) is 0.517. The van der Waals surface area contributed by atoms with Gasteiger partial charge in [0, 0.05) is 5.56 Å². The molecule has 1 heterocycles. The van der Waals surface area contributed by atoms with Gasteiger partial charge in [-0.3, -0.25) is 10.1 Å². The molecule has 0 fully saturated rings. The summed E-state index contributed by atoms with van der Waals surface area (Å²) >= 11 is 0. The fourth-order valence-electron chi connectivity index (χ4n) is 1.29. The lowest BCUT2D eigenvalue weighted by Gasteiger charge is -1.94. The number of phenolic OH excluding ortho intramolecular Hbond substituents is 1. The van der Waals surface area contributed by atoms with Gasteiger partial charge in [-0.15, -0.1) is 0 Å². The van der Waals surface area contributed by atoms with E-state index in [0.717, 1.165) is 0 Å². The molecule has 0 saturated carbocycles. The second-order valence-corrected chi connectivity index (χ2v) is 3.48. The largest absolute Gasteiger partial charge is 0.507 e. The highest BCUT2D eigenvalue weighted by Crippen LogP contribution is 2.14. The number of hydrogen-bond acceptors (Lipinski definition) is 6. The molecule has 1 aromatic carbocycles. The lowest BCUT2D eigenvalue weighted by molar-refractivity contribution is -0.402. The summed E-state index contributed by atoms with van der Waals surface area (Å²) in [5, 5.41) is 27.2. The van der Waals surface area contributed by atoms with Crippen molar-refractivity contribution in [2.45, 2.75) is 0 Å². The average Bonchev–Trinajstić information content (AvgIpc) is 2.85. The highest BCUT2D eigenvalue weighted by Gasteiger charge is 2.09. The number of para-hydroxylation sites is 1. The molecule has 0 saturated heterocycles. The van der Waals surface area contributed by atoms with E-state index in [2.05, 4.69) is 10.2 Å². The Morgan fingerprint density at radius 1 is 1.16 bits per heavy atom. The first kappa shape index (κ1) is 12.5. The molecule has 0 aliphatic carbocycles. The van der Waals surface area contributed by atoms with Crippen LogP contribution in [0.2, 0.25) is 0 Å². The zero-order valence-corrected chi connectivity index (χ0v) is 9.63. The highest BCUT2D eigenvalue weighted by atomic mass is 16.6. The van der Waals surface area contributed by atoms with Gasteiger partial charge in [0.1, 0.15) is 10.7 Å². The van der Waals surface area contributed by atoms with Crippen LogP contribution >= 0.6 is 0 Å². The molecule has 2 aromatic rings. The number of rotatable bonds is 4. The van der Waals surface area contributed by atoms with Gasteiger partial charge in [-0.1, -0.05) is 12.1 Å². The van der Waals surface area contributed by atoms with Crippen LogP contribution in [0, 0.1) is 10.1 Å². The molecule has 0 radical (unpaired) electrons. The summed E-state index contributed by atoms with van der Waals surface area (Å²) in [5.74, 6) is -0.0395. The maximum absolute atomic E-state index is 10.4. The van der Waals surface area contributed by atoms with E-state index >= 15 is 0 Å². The van der Waals surface area contributed by atoms with Crippen molar-refractivity contribution in [1.82, 2.24) is 0 Å². The van der Waals surface area contributed by atoms with Crippen LogP contribution in [0.1, 0.15) is 11.3 Å². The SMILES string of the molecule is O=[N+]([O-])c1ccc(/C=N/N=C/c2ccccc2O)o1. The minimum Gasteiger partial charge on any atom is -0.507 e. The normalized spacial score (nSPS) is 11.4. The summed E-state index contributed by atoms with van der Waals surface area (Å²) in [6.45, 7) is 0. The second kappa shape index (κ2) is 5.58. The van der Waals surface area contributed by atoms with E-state index in [9.17, 15) is 15.2 Å². The highest BCUT2D eigenvalue weighted by molar-refractivity contribution is 5.84. The van der Waals surface area contributed by atoms with E-state index in [0.29, 0.717) is 5.56 Å². The minimum atomic E-state index is -0.636. The molecule has 0 aliphatic heterocycles. The molecule has 0 bridgehead atoms. The molecule has 0 aliphatic rings. The van der Waals surface area contributed by atoms with Crippen LogP contribution in [0.4, 0.5) is 5.88 Å². The molecule has 19 heavy (non-hydrogen) atoms. The lowest BCUT2D eigenvalue weighted by Crippen LogP contribution is -1.83. The molecule has 7 nitrogen and oxygen atoms in total. The monoisotopic (exact) mass is 259 g/mol. The smallest absolute Gasteiger partial charge is 0.433 e. The Morgan fingerprint density at radius 2 is 1.89 bits per heavy atom. The topological polar surface area (TPSA) is 101 Å². The number of aromatic hydroxyl groups is 1. The molecule has 0 amide bonds. The summed E-state index contributed by atoms with van der Waals surface area (Å²) in [6, 6.07) is 9.29. The van der Waals surface area contributed by atoms with Crippen molar-refractivity contribution in [1.29, 1.82) is 0 Å². The Balaban J connectivity index is 2.03. The Hall–Kier alpha value is -2.96. The number of nitro groups is 1. The summed E-state index contributed by atoms with van der Waals surface area (Å²) in [5.41, 5.74) is 0.519. The van der Waals surface area contributed by atoms with Gasteiger partial charge < -0.3 is 9.52 Å². The molecule has 7 heteroatoms. The molecule has 2 rings (SSSR count). The van der Waals surface area contributed by atoms with Crippen LogP contribution < -0.4 is 0 Å². The van der Waals surface area contributed by atoms with E-state index in [1.807, 2.05) is 0 Å². The zero-order valence-electron chi connectivity index (χ0n) is 9.63. The van der Waals surface area contributed by atoms with Crippen LogP contribution in [0.5, 0.6) is 5.75 Å². The van der Waals surface area contributed by atoms with Crippen molar-refractivity contribution < 1.29 is 14.4 Å². The first-order valence-electron chi connectivity index (χ1n) is 5.25. The van der Waals surface area contributed by atoms with E-state index in [-0.39, 0.29) is 17.4 Å². The van der Waals surface area contributed by atoms with Crippen LogP contribution in [-0.2, 0) is 0 Å². The van der Waals surface area contributed by atoms with Crippen LogP contribution in [0.15, 0.2) is 51.0 Å². The van der Waals surface area contributed by atoms with Gasteiger partial charge in [0.05, 0.1) is 18.5 Å². The van der Waals surface area contributed by atoms with Crippen LogP contribution in [0.3, 0.4) is 0 Å². The van der Waals surface area contributed by atoms with Gasteiger partial charge in [-0.2, -0.15) is 10.2 Å². The molecular weight excluding hydrogens is 250 g/mol. The van der Waals surface area contributed by atoms with Crippen molar-refractivity contribution in [3.05, 3.63) is 57.8 Å². The summed E-state index contributed by atoms with van der Waals surface area (Å²) in [6.07, 6.45) is 2.60. The Labute approximate surface area is 107 Å². The molecule has 0 atom stereocenters. The van der Waals surface area contributed by atoms with E-state index in [1.54, 1.807) is 18.2 Å². The third-order valence-corrected chi connectivity index (χ3v) is 2.18. The lowest BCUT2D eigenvalue weighted by atomic mass is 10.2. The third kappa shape index (κ3) is 3.25. The van der Waals surface area contributed by atoms with Gasteiger partial charge in [-0.25, -0.2) is 0 Å².